The second-order valence-corrected chi connectivity index (χ2v) is 14.2. The van der Waals surface area contributed by atoms with Crippen LogP contribution >= 0.6 is 15.9 Å². The molecular formula is C35H35BrF3N3O4S. The molecule has 4 aromatic rings. The summed E-state index contributed by atoms with van der Waals surface area (Å²) in [5.74, 6) is -1.23. The molecule has 0 heterocycles. The summed E-state index contributed by atoms with van der Waals surface area (Å²) in [7, 11) is -4.55. The molecule has 0 saturated heterocycles. The van der Waals surface area contributed by atoms with E-state index in [9.17, 15) is 31.2 Å². The number of aryl methyl sites for hydroxylation is 1. The van der Waals surface area contributed by atoms with Gasteiger partial charge in [-0.2, -0.15) is 13.2 Å². The average Bonchev–Trinajstić information content (AvgIpc) is 3.02. The lowest BCUT2D eigenvalue weighted by molar-refractivity contribution is -0.140. The standard InChI is InChI=1S/C35H35BrF3N3O4S/c1-24(2)40-34(44)32(20-26-8-5-4-6-9-26)41(22-27-14-16-29(36)17-15-27)33(43)23-42(30-11-7-10-28(21-30)35(37,38)39)47(45,46)31-18-12-25(3)13-19-31/h4-19,21,24,32H,20,22-23H2,1-3H3,(H,40,44)/t32-/m0/s1. The lowest BCUT2D eigenvalue weighted by Gasteiger charge is -2.34. The van der Waals surface area contributed by atoms with Gasteiger partial charge in [-0.1, -0.05) is 82.2 Å². The number of hydrogen-bond donors (Lipinski definition) is 1. The molecule has 0 spiro atoms. The third kappa shape index (κ3) is 9.45. The Balaban J connectivity index is 1.84. The third-order valence-corrected chi connectivity index (χ3v) is 9.63. The van der Waals surface area contributed by atoms with Crippen molar-refractivity contribution in [2.45, 2.75) is 56.9 Å². The van der Waals surface area contributed by atoms with E-state index in [0.717, 1.165) is 27.7 Å². The topological polar surface area (TPSA) is 86.8 Å². The summed E-state index contributed by atoms with van der Waals surface area (Å²) in [4.78, 5) is 29.3. The number of carbonyl (C=O) groups excluding carboxylic acids is 2. The number of hydrogen-bond acceptors (Lipinski definition) is 4. The van der Waals surface area contributed by atoms with Crippen molar-refractivity contribution in [1.29, 1.82) is 0 Å². The van der Waals surface area contributed by atoms with Crippen molar-refractivity contribution in [3.8, 4) is 0 Å². The Bertz CT molecular complexity index is 1780. The number of benzene rings is 4. The van der Waals surface area contributed by atoms with Crippen molar-refractivity contribution >= 4 is 43.5 Å². The highest BCUT2D eigenvalue weighted by molar-refractivity contribution is 9.10. The molecule has 7 nitrogen and oxygen atoms in total. The van der Waals surface area contributed by atoms with E-state index in [1.807, 2.05) is 18.2 Å². The minimum absolute atomic E-state index is 0.0733. The van der Waals surface area contributed by atoms with E-state index >= 15 is 0 Å². The number of nitrogens with zero attached hydrogens (tertiary/aromatic N) is 2. The van der Waals surface area contributed by atoms with Crippen LogP contribution in [-0.4, -0.2) is 43.8 Å². The van der Waals surface area contributed by atoms with Crippen molar-refractivity contribution in [1.82, 2.24) is 10.2 Å². The summed E-state index contributed by atoms with van der Waals surface area (Å²) < 4.78 is 71.0. The maximum absolute atomic E-state index is 14.4. The molecule has 1 N–H and O–H groups in total. The van der Waals surface area contributed by atoms with Gasteiger partial charge in [0.1, 0.15) is 12.6 Å². The fourth-order valence-electron chi connectivity index (χ4n) is 4.92. The van der Waals surface area contributed by atoms with Gasteiger partial charge >= 0.3 is 6.18 Å². The van der Waals surface area contributed by atoms with E-state index in [0.29, 0.717) is 15.9 Å². The first-order valence-corrected chi connectivity index (χ1v) is 17.0. The Morgan fingerprint density at radius 3 is 2.09 bits per heavy atom. The highest BCUT2D eigenvalue weighted by atomic mass is 79.9. The first kappa shape index (κ1) is 35.7. The van der Waals surface area contributed by atoms with Crippen LogP contribution in [0.5, 0.6) is 0 Å². The molecule has 0 radical (unpaired) electrons. The van der Waals surface area contributed by atoms with Crippen LogP contribution in [0.1, 0.15) is 36.1 Å². The molecule has 0 saturated carbocycles. The van der Waals surface area contributed by atoms with Crippen LogP contribution in [0.3, 0.4) is 0 Å². The molecule has 0 fully saturated rings. The number of halogens is 4. The molecule has 0 aliphatic rings. The maximum atomic E-state index is 14.4. The van der Waals surface area contributed by atoms with E-state index < -0.39 is 46.2 Å². The van der Waals surface area contributed by atoms with Gasteiger partial charge in [0.25, 0.3) is 10.0 Å². The number of alkyl halides is 3. The Hall–Kier alpha value is -4.16. The largest absolute Gasteiger partial charge is 0.416 e. The van der Waals surface area contributed by atoms with Crippen LogP contribution in [0.25, 0.3) is 0 Å². The van der Waals surface area contributed by atoms with Crippen molar-refractivity contribution in [2.24, 2.45) is 0 Å². The van der Waals surface area contributed by atoms with Gasteiger partial charge in [-0.25, -0.2) is 8.42 Å². The zero-order valence-corrected chi connectivity index (χ0v) is 28.4. The molecule has 0 aliphatic heterocycles. The molecule has 1 atom stereocenters. The van der Waals surface area contributed by atoms with Crippen LogP contribution in [0.2, 0.25) is 0 Å². The smallest absolute Gasteiger partial charge is 0.352 e. The Labute approximate surface area is 281 Å². The van der Waals surface area contributed by atoms with Crippen molar-refractivity contribution < 1.29 is 31.2 Å². The molecule has 248 valence electrons. The van der Waals surface area contributed by atoms with Gasteiger partial charge in [-0.15, -0.1) is 0 Å². The number of carbonyl (C=O) groups is 2. The van der Waals surface area contributed by atoms with E-state index in [1.54, 1.807) is 69.3 Å². The Morgan fingerprint density at radius 2 is 1.49 bits per heavy atom. The number of amides is 2. The monoisotopic (exact) mass is 729 g/mol. The van der Waals surface area contributed by atoms with Gasteiger partial charge < -0.3 is 10.2 Å². The van der Waals surface area contributed by atoms with Gasteiger partial charge in [0.05, 0.1) is 16.1 Å². The van der Waals surface area contributed by atoms with E-state index in [4.69, 9.17) is 0 Å². The Kier molecular flexibility index (Phi) is 11.5. The molecule has 0 unspecified atom stereocenters. The summed E-state index contributed by atoms with van der Waals surface area (Å²) >= 11 is 3.39. The molecular weight excluding hydrogens is 695 g/mol. The SMILES string of the molecule is Cc1ccc(S(=O)(=O)N(CC(=O)N(Cc2ccc(Br)cc2)[C@@H](Cc2ccccc2)C(=O)NC(C)C)c2cccc(C(F)(F)F)c2)cc1. The van der Waals surface area contributed by atoms with Gasteiger partial charge in [-0.05, 0) is 74.4 Å². The van der Waals surface area contributed by atoms with Crippen LogP contribution < -0.4 is 9.62 Å². The van der Waals surface area contributed by atoms with Gasteiger partial charge in [0.15, 0.2) is 0 Å². The summed E-state index contributed by atoms with van der Waals surface area (Å²) in [5, 5.41) is 2.87. The predicted molar refractivity (Wildman–Crippen MR) is 179 cm³/mol. The normalized spacial score (nSPS) is 12.4. The zero-order valence-electron chi connectivity index (χ0n) is 26.0. The van der Waals surface area contributed by atoms with Crippen LogP contribution in [-0.2, 0) is 38.8 Å². The average molecular weight is 731 g/mol. The lowest BCUT2D eigenvalue weighted by Crippen LogP contribution is -2.54. The number of rotatable bonds is 12. The second-order valence-electron chi connectivity index (χ2n) is 11.4. The van der Waals surface area contributed by atoms with Gasteiger partial charge in [0.2, 0.25) is 11.8 Å². The maximum Gasteiger partial charge on any atom is 0.416 e. The van der Waals surface area contributed by atoms with Crippen molar-refractivity contribution in [3.63, 3.8) is 0 Å². The number of anilines is 1. The van der Waals surface area contributed by atoms with Crippen molar-refractivity contribution in [2.75, 3.05) is 10.8 Å². The molecule has 4 aromatic carbocycles. The molecule has 4 rings (SSSR count). The van der Waals surface area contributed by atoms with E-state index in [2.05, 4.69) is 21.2 Å². The zero-order chi connectivity index (χ0) is 34.4. The minimum atomic E-state index is -4.76. The van der Waals surface area contributed by atoms with Gasteiger partial charge in [0, 0.05) is 23.5 Å². The first-order chi connectivity index (χ1) is 22.1. The van der Waals surface area contributed by atoms with Crippen LogP contribution in [0, 0.1) is 6.92 Å². The number of sulfonamides is 1. The highest BCUT2D eigenvalue weighted by Crippen LogP contribution is 2.33. The third-order valence-electron chi connectivity index (χ3n) is 7.32. The summed E-state index contributed by atoms with van der Waals surface area (Å²) in [5.41, 5.74) is 0.766. The van der Waals surface area contributed by atoms with Crippen molar-refractivity contribution in [3.05, 3.63) is 130 Å². The molecule has 0 aromatic heterocycles. The highest BCUT2D eigenvalue weighted by Gasteiger charge is 2.36. The summed E-state index contributed by atoms with van der Waals surface area (Å²) in [6.45, 7) is 4.38. The van der Waals surface area contributed by atoms with Gasteiger partial charge in [-0.3, -0.25) is 13.9 Å². The molecule has 0 bridgehead atoms. The van der Waals surface area contributed by atoms with Crippen LogP contribution in [0.4, 0.5) is 18.9 Å². The quantitative estimate of drug-likeness (QED) is 0.168. The van der Waals surface area contributed by atoms with Crippen LogP contribution in [0.15, 0.2) is 112 Å². The molecule has 12 heteroatoms. The van der Waals surface area contributed by atoms with E-state index in [1.165, 1.54) is 23.1 Å². The molecule has 47 heavy (non-hydrogen) atoms. The van der Waals surface area contributed by atoms with E-state index in [-0.39, 0.29) is 29.6 Å². The minimum Gasteiger partial charge on any atom is -0.352 e. The fraction of sp³-hybridized carbons (Fsp3) is 0.257. The lowest BCUT2D eigenvalue weighted by atomic mass is 10.0. The first-order valence-electron chi connectivity index (χ1n) is 14.8. The fourth-order valence-corrected chi connectivity index (χ4v) is 6.60. The second kappa shape index (κ2) is 15.2. The number of nitrogens with one attached hydrogen (secondary N) is 1. The summed E-state index contributed by atoms with van der Waals surface area (Å²) in [6, 6.07) is 24.4. The molecule has 2 amide bonds. The Morgan fingerprint density at radius 1 is 0.851 bits per heavy atom. The summed E-state index contributed by atoms with van der Waals surface area (Å²) in [6.07, 6.45) is -4.65. The predicted octanol–water partition coefficient (Wildman–Crippen LogP) is 7.14. The molecule has 0 aliphatic carbocycles.